The lowest BCUT2D eigenvalue weighted by Gasteiger charge is -2.74. The first-order valence-corrected chi connectivity index (χ1v) is 13.8. The normalized spacial score (nSPS) is 56.9. The summed E-state index contributed by atoms with van der Waals surface area (Å²) >= 11 is 0. The zero-order valence-corrected chi connectivity index (χ0v) is 22.0. The molecule has 2 heteroatoms. The number of aldehydes is 1. The topological polar surface area (TPSA) is 34.1 Å². The van der Waals surface area contributed by atoms with Crippen molar-refractivity contribution in [3.05, 3.63) is 0 Å². The first-order chi connectivity index (χ1) is 14.8. The summed E-state index contributed by atoms with van der Waals surface area (Å²) in [5.74, 6) is 2.62. The molecule has 0 amide bonds. The van der Waals surface area contributed by atoms with E-state index in [-0.39, 0.29) is 22.2 Å². The molecule has 0 heterocycles. The van der Waals surface area contributed by atoms with Crippen LogP contribution in [-0.4, -0.2) is 12.1 Å². The van der Waals surface area contributed by atoms with Crippen LogP contribution in [0, 0.1) is 56.2 Å². The van der Waals surface area contributed by atoms with Crippen LogP contribution in [0.1, 0.15) is 119 Å². The van der Waals surface area contributed by atoms with Crippen LogP contribution in [0.15, 0.2) is 0 Å². The summed E-state index contributed by atoms with van der Waals surface area (Å²) < 4.78 is 0. The maximum absolute atomic E-state index is 12.7. The van der Waals surface area contributed by atoms with Crippen molar-refractivity contribution in [1.82, 2.24) is 0 Å². The molecule has 5 aliphatic carbocycles. The quantitative estimate of drug-likeness (QED) is 0.393. The molecule has 9 atom stereocenters. The van der Waals surface area contributed by atoms with Gasteiger partial charge in [-0.2, -0.15) is 0 Å². The van der Waals surface area contributed by atoms with Gasteiger partial charge in [0, 0.05) is 17.8 Å². The van der Waals surface area contributed by atoms with Gasteiger partial charge in [0.15, 0.2) is 0 Å². The van der Waals surface area contributed by atoms with Gasteiger partial charge in [0.1, 0.15) is 12.1 Å². The fraction of sp³-hybridized carbons (Fsp3) is 0.933. The maximum atomic E-state index is 12.7. The molecule has 32 heavy (non-hydrogen) atoms. The van der Waals surface area contributed by atoms with E-state index < -0.39 is 0 Å². The Bertz CT molecular complexity index is 829. The summed E-state index contributed by atoms with van der Waals surface area (Å²) in [7, 11) is 0. The summed E-state index contributed by atoms with van der Waals surface area (Å²) in [6, 6.07) is 0. The molecule has 0 bridgehead atoms. The Labute approximate surface area is 197 Å². The minimum Gasteiger partial charge on any atom is -0.303 e. The number of carbonyl (C=O) groups excluding carboxylic acids is 2. The molecule has 180 valence electrons. The third kappa shape index (κ3) is 2.65. The standard InChI is InChI=1S/C30H48O2/c1-20-21(32)8-9-22-26(20,4)13-15-29(7)23-10-11-30(19-31)17-12-25(2,3)18-24(30)27(23,5)14-16-28(22,29)6/h19-20,22-24H,8-18H2,1-7H3/t20-,22+,23-,24+,26+,27+,28+,29-,30-/m1/s1. The smallest absolute Gasteiger partial charge is 0.136 e. The van der Waals surface area contributed by atoms with E-state index in [9.17, 15) is 9.59 Å². The molecule has 5 aliphatic rings. The fourth-order valence-electron chi connectivity index (χ4n) is 11.1. The lowest BCUT2D eigenvalue weighted by atomic mass is 9.30. The van der Waals surface area contributed by atoms with Gasteiger partial charge < -0.3 is 4.79 Å². The summed E-state index contributed by atoms with van der Waals surface area (Å²) in [4.78, 5) is 25.4. The van der Waals surface area contributed by atoms with Crippen molar-refractivity contribution in [1.29, 1.82) is 0 Å². The van der Waals surface area contributed by atoms with Crippen LogP contribution in [0.4, 0.5) is 0 Å². The Hall–Kier alpha value is -0.660. The van der Waals surface area contributed by atoms with Gasteiger partial charge >= 0.3 is 0 Å². The number of hydrogen-bond acceptors (Lipinski definition) is 2. The SMILES string of the molecule is C[C@@H]1C(=O)CC[C@H]2[C@@]1(C)CC[C@]1(C)[C@@H]3CC[C@]4(C=O)CCC(C)(C)C[C@H]4[C@@]3(C)CC[C@@]21C. The highest BCUT2D eigenvalue weighted by Gasteiger charge is 2.71. The van der Waals surface area contributed by atoms with Crippen LogP contribution < -0.4 is 0 Å². The Kier molecular flexibility index (Phi) is 4.85. The monoisotopic (exact) mass is 440 g/mol. The Morgan fingerprint density at radius 3 is 1.94 bits per heavy atom. The minimum atomic E-state index is -0.0696. The molecule has 0 radical (unpaired) electrons. The highest BCUT2D eigenvalue weighted by atomic mass is 16.1. The summed E-state index contributed by atoms with van der Waals surface area (Å²) in [5, 5.41) is 0. The molecule has 0 aromatic heterocycles. The first kappa shape index (κ1) is 23.1. The molecule has 5 rings (SSSR count). The van der Waals surface area contributed by atoms with Crippen molar-refractivity contribution in [3.63, 3.8) is 0 Å². The largest absolute Gasteiger partial charge is 0.303 e. The van der Waals surface area contributed by atoms with Gasteiger partial charge in [0.25, 0.3) is 0 Å². The summed E-state index contributed by atoms with van der Waals surface area (Å²) in [5.41, 5.74) is 1.36. The number of Topliss-reactive ketones (excluding diaryl/α,β-unsaturated/α-hetero) is 1. The maximum Gasteiger partial charge on any atom is 0.136 e. The van der Waals surface area contributed by atoms with E-state index in [0.717, 1.165) is 25.7 Å². The van der Waals surface area contributed by atoms with Crippen LogP contribution in [0.25, 0.3) is 0 Å². The second kappa shape index (κ2) is 6.72. The lowest BCUT2D eigenvalue weighted by molar-refractivity contribution is -0.253. The molecule has 0 unspecified atom stereocenters. The van der Waals surface area contributed by atoms with Crippen LogP contribution >= 0.6 is 0 Å². The fourth-order valence-corrected chi connectivity index (χ4v) is 11.1. The van der Waals surface area contributed by atoms with Crippen molar-refractivity contribution in [2.75, 3.05) is 0 Å². The van der Waals surface area contributed by atoms with Crippen molar-refractivity contribution in [2.24, 2.45) is 56.2 Å². The van der Waals surface area contributed by atoms with E-state index in [4.69, 9.17) is 0 Å². The van der Waals surface area contributed by atoms with E-state index in [0.29, 0.717) is 39.8 Å². The zero-order valence-electron chi connectivity index (χ0n) is 22.0. The van der Waals surface area contributed by atoms with Gasteiger partial charge in [-0.15, -0.1) is 0 Å². The summed E-state index contributed by atoms with van der Waals surface area (Å²) in [6.07, 6.45) is 14.2. The van der Waals surface area contributed by atoms with Crippen molar-refractivity contribution in [3.8, 4) is 0 Å². The molecule has 0 saturated heterocycles. The van der Waals surface area contributed by atoms with Gasteiger partial charge in [-0.25, -0.2) is 0 Å². The third-order valence-corrected chi connectivity index (χ3v) is 13.6. The lowest BCUT2D eigenvalue weighted by Crippen LogP contribution is -2.68. The summed E-state index contributed by atoms with van der Waals surface area (Å²) in [6.45, 7) is 17.5. The molecule has 0 aromatic carbocycles. The zero-order chi connectivity index (χ0) is 23.4. The predicted molar refractivity (Wildman–Crippen MR) is 130 cm³/mol. The second-order valence-electron chi connectivity index (χ2n) is 15.0. The Balaban J connectivity index is 1.56. The average molecular weight is 441 g/mol. The molecule has 0 N–H and O–H groups in total. The Morgan fingerprint density at radius 1 is 0.719 bits per heavy atom. The molecule has 0 aromatic rings. The van der Waals surface area contributed by atoms with Crippen LogP contribution in [-0.2, 0) is 9.59 Å². The van der Waals surface area contributed by atoms with E-state index in [1.54, 1.807) is 0 Å². The van der Waals surface area contributed by atoms with Crippen molar-refractivity contribution >= 4 is 12.1 Å². The molecule has 5 saturated carbocycles. The molecule has 0 spiro atoms. The number of rotatable bonds is 1. The first-order valence-electron chi connectivity index (χ1n) is 13.8. The average Bonchev–Trinajstić information content (AvgIpc) is 2.74. The number of hydrogen-bond donors (Lipinski definition) is 0. The van der Waals surface area contributed by atoms with Crippen molar-refractivity contribution < 1.29 is 9.59 Å². The van der Waals surface area contributed by atoms with Gasteiger partial charge in [-0.05, 0) is 109 Å². The van der Waals surface area contributed by atoms with Gasteiger partial charge in [-0.3, -0.25) is 4.79 Å². The van der Waals surface area contributed by atoms with E-state index in [2.05, 4.69) is 48.5 Å². The molecule has 5 fully saturated rings. The van der Waals surface area contributed by atoms with Gasteiger partial charge in [-0.1, -0.05) is 48.5 Å². The van der Waals surface area contributed by atoms with Gasteiger partial charge in [0.2, 0.25) is 0 Å². The number of ketones is 1. The second-order valence-corrected chi connectivity index (χ2v) is 15.0. The number of fused-ring (bicyclic) bond motifs is 7. The minimum absolute atomic E-state index is 0.0696. The molecular formula is C30H48O2. The van der Waals surface area contributed by atoms with Crippen LogP contribution in [0.2, 0.25) is 0 Å². The predicted octanol–water partition coefficient (Wildman–Crippen LogP) is 7.64. The molecule has 2 nitrogen and oxygen atoms in total. The van der Waals surface area contributed by atoms with Crippen LogP contribution in [0.5, 0.6) is 0 Å². The van der Waals surface area contributed by atoms with E-state index >= 15 is 0 Å². The third-order valence-electron chi connectivity index (χ3n) is 13.6. The van der Waals surface area contributed by atoms with Crippen molar-refractivity contribution in [2.45, 2.75) is 119 Å². The highest BCUT2D eigenvalue weighted by molar-refractivity contribution is 5.82. The van der Waals surface area contributed by atoms with E-state index in [1.807, 2.05) is 0 Å². The number of carbonyl (C=O) groups is 2. The van der Waals surface area contributed by atoms with Gasteiger partial charge in [0.05, 0.1) is 0 Å². The van der Waals surface area contributed by atoms with Crippen LogP contribution in [0.3, 0.4) is 0 Å². The molecular weight excluding hydrogens is 392 g/mol. The highest BCUT2D eigenvalue weighted by Crippen LogP contribution is 2.78. The Morgan fingerprint density at radius 2 is 1.31 bits per heavy atom. The molecule has 0 aliphatic heterocycles. The van der Waals surface area contributed by atoms with E-state index in [1.165, 1.54) is 51.2 Å².